The summed E-state index contributed by atoms with van der Waals surface area (Å²) in [6, 6.07) is 15.4. The molecule has 0 unspecified atom stereocenters. The number of para-hydroxylation sites is 1. The van der Waals surface area contributed by atoms with E-state index in [9.17, 15) is 9.59 Å². The van der Waals surface area contributed by atoms with Crippen LogP contribution in [0.3, 0.4) is 0 Å². The highest BCUT2D eigenvalue weighted by Crippen LogP contribution is 2.35. The number of carbonyl (C=O) groups excluding carboxylic acids is 2. The Bertz CT molecular complexity index is 801. The molecule has 0 bridgehead atoms. The van der Waals surface area contributed by atoms with Gasteiger partial charge >= 0.3 is 5.97 Å². The smallest absolute Gasteiger partial charge is 0.330 e. The molecule has 134 valence electrons. The molecule has 0 aromatic heterocycles. The van der Waals surface area contributed by atoms with Crippen LogP contribution in [0.5, 0.6) is 11.5 Å². The van der Waals surface area contributed by atoms with Gasteiger partial charge in [0, 0.05) is 5.69 Å². The lowest BCUT2D eigenvalue weighted by Crippen LogP contribution is -2.64. The van der Waals surface area contributed by atoms with Crippen molar-refractivity contribution in [2.45, 2.75) is 6.04 Å². The highest BCUT2D eigenvalue weighted by atomic mass is 16.5. The lowest BCUT2D eigenvalue weighted by atomic mass is 9.86. The number of anilines is 1. The minimum absolute atomic E-state index is 0.196. The summed E-state index contributed by atoms with van der Waals surface area (Å²) >= 11 is 0. The molecule has 6 nitrogen and oxygen atoms in total. The first-order valence-corrected chi connectivity index (χ1v) is 8.09. The summed E-state index contributed by atoms with van der Waals surface area (Å²) < 4.78 is 15.5. The van der Waals surface area contributed by atoms with Crippen molar-refractivity contribution in [3.63, 3.8) is 0 Å². The second kappa shape index (κ2) is 7.74. The van der Waals surface area contributed by atoms with E-state index in [-0.39, 0.29) is 5.91 Å². The molecule has 3 rings (SSSR count). The van der Waals surface area contributed by atoms with Gasteiger partial charge in [-0.05, 0) is 42.5 Å². The average Bonchev–Trinajstić information content (AvgIpc) is 2.69. The lowest BCUT2D eigenvalue weighted by Gasteiger charge is -2.43. The summed E-state index contributed by atoms with van der Waals surface area (Å²) in [5.41, 5.74) is 0.611. The molecule has 2 aromatic carbocycles. The number of hydrogen-bond acceptors (Lipinski definition) is 5. The molecule has 1 heterocycles. The number of carbonyl (C=O) groups is 2. The number of rotatable bonds is 6. The van der Waals surface area contributed by atoms with Gasteiger partial charge in [0.2, 0.25) is 5.91 Å². The number of methoxy groups -OCH3 is 2. The number of benzene rings is 2. The number of hydrogen-bond donors (Lipinski definition) is 0. The Balaban J connectivity index is 1.76. The van der Waals surface area contributed by atoms with Gasteiger partial charge in [-0.3, -0.25) is 9.69 Å². The molecule has 0 spiro atoms. The highest BCUT2D eigenvalue weighted by Gasteiger charge is 2.51. The molecule has 0 N–H and O–H groups in total. The fraction of sp³-hybridized carbons (Fsp3) is 0.200. The molecular weight excluding hydrogens is 334 g/mol. The van der Waals surface area contributed by atoms with Crippen LogP contribution in [0.15, 0.2) is 66.9 Å². The predicted octanol–water partition coefficient (Wildman–Crippen LogP) is 2.79. The van der Waals surface area contributed by atoms with Crippen LogP contribution >= 0.6 is 0 Å². The molecule has 26 heavy (non-hydrogen) atoms. The van der Waals surface area contributed by atoms with Gasteiger partial charge in [0.15, 0.2) is 0 Å². The van der Waals surface area contributed by atoms with Crippen LogP contribution in [0, 0.1) is 5.92 Å². The van der Waals surface area contributed by atoms with Crippen molar-refractivity contribution in [1.82, 2.24) is 0 Å². The number of nitrogens with zero attached hydrogens (tertiary/aromatic N) is 1. The van der Waals surface area contributed by atoms with E-state index >= 15 is 0 Å². The molecule has 1 amide bonds. The molecule has 0 saturated carbocycles. The van der Waals surface area contributed by atoms with Crippen molar-refractivity contribution >= 4 is 17.6 Å². The van der Waals surface area contributed by atoms with E-state index in [0.717, 1.165) is 0 Å². The molecule has 2 atom stereocenters. The van der Waals surface area contributed by atoms with Crippen molar-refractivity contribution in [3.8, 4) is 11.5 Å². The van der Waals surface area contributed by atoms with Gasteiger partial charge in [-0.2, -0.15) is 0 Å². The Morgan fingerprint density at radius 1 is 1.00 bits per heavy atom. The van der Waals surface area contributed by atoms with Gasteiger partial charge in [-0.15, -0.1) is 0 Å². The first kappa shape index (κ1) is 17.5. The van der Waals surface area contributed by atoms with E-state index in [0.29, 0.717) is 17.2 Å². The van der Waals surface area contributed by atoms with Gasteiger partial charge in [-0.1, -0.05) is 18.2 Å². The van der Waals surface area contributed by atoms with E-state index in [4.69, 9.17) is 14.2 Å². The van der Waals surface area contributed by atoms with Crippen molar-refractivity contribution in [3.05, 3.63) is 66.9 Å². The fourth-order valence-electron chi connectivity index (χ4n) is 2.80. The Morgan fingerprint density at radius 3 is 2.31 bits per heavy atom. The Kier molecular flexibility index (Phi) is 5.22. The molecular formula is C20H19NO5. The number of amides is 1. The summed E-state index contributed by atoms with van der Waals surface area (Å²) in [5, 5.41) is 0. The maximum Gasteiger partial charge on any atom is 0.330 e. The number of esters is 1. The van der Waals surface area contributed by atoms with Crippen LogP contribution in [0.4, 0.5) is 5.69 Å². The van der Waals surface area contributed by atoms with Crippen LogP contribution in [0.2, 0.25) is 0 Å². The minimum Gasteiger partial charge on any atom is -0.497 e. The third-order valence-corrected chi connectivity index (χ3v) is 4.17. The molecule has 1 aliphatic rings. The third kappa shape index (κ3) is 3.39. The summed E-state index contributed by atoms with van der Waals surface area (Å²) in [4.78, 5) is 26.2. The summed E-state index contributed by atoms with van der Waals surface area (Å²) in [5.74, 6) is 0.0164. The number of β-lactam (4-membered cyclic amide) rings is 1. The second-order valence-electron chi connectivity index (χ2n) is 5.66. The molecule has 1 fully saturated rings. The maximum atomic E-state index is 12.6. The van der Waals surface area contributed by atoms with Gasteiger partial charge in [-0.25, -0.2) is 4.79 Å². The van der Waals surface area contributed by atoms with E-state index in [1.807, 2.05) is 18.2 Å². The zero-order chi connectivity index (χ0) is 18.5. The van der Waals surface area contributed by atoms with Crippen molar-refractivity contribution in [1.29, 1.82) is 0 Å². The first-order chi connectivity index (χ1) is 12.7. The minimum atomic E-state index is -0.725. The Morgan fingerprint density at radius 2 is 1.69 bits per heavy atom. The number of ether oxygens (including phenoxy) is 3. The average molecular weight is 353 g/mol. The van der Waals surface area contributed by atoms with Crippen LogP contribution in [-0.4, -0.2) is 32.1 Å². The van der Waals surface area contributed by atoms with E-state index in [2.05, 4.69) is 0 Å². The summed E-state index contributed by atoms with van der Waals surface area (Å²) in [7, 11) is 2.87. The highest BCUT2D eigenvalue weighted by molar-refractivity contribution is 6.11. The second-order valence-corrected chi connectivity index (χ2v) is 5.66. The zero-order valence-electron chi connectivity index (χ0n) is 14.5. The van der Waals surface area contributed by atoms with Gasteiger partial charge < -0.3 is 14.2 Å². The SMILES string of the molecule is COC(=O)[C@@H]1[C@@H](/C=C\Oc2ccccc2)C(=O)N1c1ccc(OC)cc1. The van der Waals surface area contributed by atoms with E-state index in [1.54, 1.807) is 49.6 Å². The normalized spacial score (nSPS) is 19.2. The lowest BCUT2D eigenvalue weighted by molar-refractivity contribution is -0.150. The predicted molar refractivity (Wildman–Crippen MR) is 96.0 cm³/mol. The molecule has 6 heteroatoms. The monoisotopic (exact) mass is 353 g/mol. The first-order valence-electron chi connectivity index (χ1n) is 8.09. The summed E-state index contributed by atoms with van der Waals surface area (Å²) in [6.07, 6.45) is 3.01. The van der Waals surface area contributed by atoms with Crippen LogP contribution < -0.4 is 14.4 Å². The fourth-order valence-corrected chi connectivity index (χ4v) is 2.80. The third-order valence-electron chi connectivity index (χ3n) is 4.17. The standard InChI is InChI=1S/C20H19NO5/c1-24-15-10-8-14(9-11-15)21-18(20(23)25-2)17(19(21)22)12-13-26-16-6-4-3-5-7-16/h3-13,17-18H,1-2H3/b13-12-/t17-,18+/m1/s1. The van der Waals surface area contributed by atoms with Crippen molar-refractivity contribution in [2.24, 2.45) is 5.92 Å². The van der Waals surface area contributed by atoms with E-state index < -0.39 is 17.9 Å². The van der Waals surface area contributed by atoms with Crippen molar-refractivity contribution in [2.75, 3.05) is 19.1 Å². The van der Waals surface area contributed by atoms with Crippen LogP contribution in [-0.2, 0) is 14.3 Å². The topological polar surface area (TPSA) is 65.1 Å². The largest absolute Gasteiger partial charge is 0.497 e. The molecule has 1 saturated heterocycles. The maximum absolute atomic E-state index is 12.6. The van der Waals surface area contributed by atoms with E-state index in [1.165, 1.54) is 18.3 Å². The Hall–Kier alpha value is -3.28. The zero-order valence-corrected chi connectivity index (χ0v) is 14.5. The van der Waals surface area contributed by atoms with Crippen molar-refractivity contribution < 1.29 is 23.8 Å². The molecule has 0 radical (unpaired) electrons. The molecule has 2 aromatic rings. The van der Waals surface area contributed by atoms with Gasteiger partial charge in [0.1, 0.15) is 17.5 Å². The molecule has 0 aliphatic carbocycles. The van der Waals surface area contributed by atoms with Crippen LogP contribution in [0.25, 0.3) is 0 Å². The molecule has 1 aliphatic heterocycles. The quantitative estimate of drug-likeness (QED) is 0.454. The van der Waals surface area contributed by atoms with Gasteiger partial charge in [0.05, 0.1) is 26.4 Å². The Labute approximate surface area is 151 Å². The van der Waals surface area contributed by atoms with Crippen LogP contribution in [0.1, 0.15) is 0 Å². The van der Waals surface area contributed by atoms with Gasteiger partial charge in [0.25, 0.3) is 0 Å². The summed E-state index contributed by atoms with van der Waals surface area (Å²) in [6.45, 7) is 0.